The third-order valence-corrected chi connectivity index (χ3v) is 3.85. The van der Waals surface area contributed by atoms with Gasteiger partial charge < -0.3 is 10.2 Å². The van der Waals surface area contributed by atoms with E-state index < -0.39 is 11.9 Å². The fraction of sp³-hybridized carbons (Fsp3) is 0.429. The van der Waals surface area contributed by atoms with Crippen LogP contribution in [0.1, 0.15) is 53.8 Å². The molecule has 0 amide bonds. The maximum absolute atomic E-state index is 11.0. The van der Waals surface area contributed by atoms with E-state index in [0.717, 1.165) is 19.3 Å². The van der Waals surface area contributed by atoms with Crippen LogP contribution in [-0.4, -0.2) is 27.4 Å². The lowest BCUT2D eigenvalue weighted by atomic mass is 10.1. The summed E-state index contributed by atoms with van der Waals surface area (Å²) in [6, 6.07) is 4.25. The fourth-order valence-corrected chi connectivity index (χ4v) is 2.84. The minimum atomic E-state index is -1.11. The van der Waals surface area contributed by atoms with Gasteiger partial charge in [0.2, 0.25) is 0 Å². The van der Waals surface area contributed by atoms with Crippen LogP contribution < -0.4 is 0 Å². The third kappa shape index (κ3) is 4.95. The first-order valence-corrected chi connectivity index (χ1v) is 7.10. The Morgan fingerprint density at radius 3 is 2.11 bits per heavy atom. The molecule has 0 bridgehead atoms. The zero-order chi connectivity index (χ0) is 14.4. The Balaban J connectivity index is 2.93. The number of hydrogen-bond acceptors (Lipinski definition) is 3. The molecule has 1 aromatic carbocycles. The summed E-state index contributed by atoms with van der Waals surface area (Å²) in [6.07, 6.45) is 3.25. The number of benzene rings is 1. The van der Waals surface area contributed by atoms with Gasteiger partial charge in [-0.1, -0.05) is 26.7 Å². The molecule has 0 aromatic heterocycles. The summed E-state index contributed by atoms with van der Waals surface area (Å²) in [5.74, 6) is -2.21. The predicted molar refractivity (Wildman–Crippen MR) is 75.2 cm³/mol. The highest BCUT2D eigenvalue weighted by Gasteiger charge is 2.13. The Morgan fingerprint density at radius 2 is 1.68 bits per heavy atom. The Bertz CT molecular complexity index is 438. The van der Waals surface area contributed by atoms with E-state index in [2.05, 4.69) is 13.8 Å². The quantitative estimate of drug-likeness (QED) is 0.745. The lowest BCUT2D eigenvalue weighted by Crippen LogP contribution is -2.04. The Kier molecular flexibility index (Phi) is 5.89. The van der Waals surface area contributed by atoms with Crippen LogP contribution in [0.25, 0.3) is 0 Å². The van der Waals surface area contributed by atoms with Crippen LogP contribution in [-0.2, 0) is 0 Å². The molecule has 0 radical (unpaired) electrons. The Labute approximate surface area is 116 Å². The first kappa shape index (κ1) is 15.6. The topological polar surface area (TPSA) is 74.6 Å². The van der Waals surface area contributed by atoms with Gasteiger partial charge in [-0.25, -0.2) is 9.59 Å². The molecule has 19 heavy (non-hydrogen) atoms. The van der Waals surface area contributed by atoms with Gasteiger partial charge in [-0.05, 0) is 24.6 Å². The highest BCUT2D eigenvalue weighted by molar-refractivity contribution is 7.99. The van der Waals surface area contributed by atoms with Crippen molar-refractivity contribution in [1.82, 2.24) is 0 Å². The molecule has 0 heterocycles. The van der Waals surface area contributed by atoms with Crippen molar-refractivity contribution in [3.63, 3.8) is 0 Å². The van der Waals surface area contributed by atoms with Gasteiger partial charge in [-0.2, -0.15) is 0 Å². The average molecular weight is 282 g/mol. The van der Waals surface area contributed by atoms with Crippen molar-refractivity contribution in [2.75, 3.05) is 0 Å². The van der Waals surface area contributed by atoms with Crippen LogP contribution in [0.5, 0.6) is 0 Å². The summed E-state index contributed by atoms with van der Waals surface area (Å²) in [7, 11) is 0. The normalized spacial score (nSPS) is 12.1. The van der Waals surface area contributed by atoms with Crippen LogP contribution in [0.3, 0.4) is 0 Å². The van der Waals surface area contributed by atoms with E-state index in [1.165, 1.54) is 30.0 Å². The average Bonchev–Trinajstić information content (AvgIpc) is 2.35. The number of hydrogen-bond donors (Lipinski definition) is 2. The molecule has 0 fully saturated rings. The lowest BCUT2D eigenvalue weighted by Gasteiger charge is -2.11. The summed E-state index contributed by atoms with van der Waals surface area (Å²) < 4.78 is 0. The first-order chi connectivity index (χ1) is 8.93. The monoisotopic (exact) mass is 282 g/mol. The Hall–Kier alpha value is -1.49. The molecule has 0 saturated carbocycles. The van der Waals surface area contributed by atoms with Crippen molar-refractivity contribution in [3.05, 3.63) is 29.3 Å². The van der Waals surface area contributed by atoms with E-state index in [0.29, 0.717) is 10.1 Å². The van der Waals surface area contributed by atoms with E-state index in [9.17, 15) is 9.59 Å². The van der Waals surface area contributed by atoms with Gasteiger partial charge in [-0.15, -0.1) is 11.8 Å². The SMILES string of the molecule is CCCCC(C)Sc1cc(C(=O)O)cc(C(=O)O)c1. The van der Waals surface area contributed by atoms with Crippen molar-refractivity contribution in [2.45, 2.75) is 43.3 Å². The molecule has 0 aliphatic rings. The number of carboxylic acids is 2. The van der Waals surface area contributed by atoms with Crippen molar-refractivity contribution in [3.8, 4) is 0 Å². The molecule has 0 aliphatic heterocycles. The molecule has 2 N–H and O–H groups in total. The first-order valence-electron chi connectivity index (χ1n) is 6.22. The van der Waals surface area contributed by atoms with Crippen LogP contribution >= 0.6 is 11.8 Å². The van der Waals surface area contributed by atoms with Crippen LogP contribution in [0.4, 0.5) is 0 Å². The summed E-state index contributed by atoms with van der Waals surface area (Å²) in [6.45, 7) is 4.18. The number of thioether (sulfide) groups is 1. The zero-order valence-electron chi connectivity index (χ0n) is 11.0. The smallest absolute Gasteiger partial charge is 0.335 e. The lowest BCUT2D eigenvalue weighted by molar-refractivity contribution is 0.0696. The van der Waals surface area contributed by atoms with Gasteiger partial charge in [0.05, 0.1) is 11.1 Å². The number of carbonyl (C=O) groups is 2. The molecule has 4 nitrogen and oxygen atoms in total. The second-order valence-electron chi connectivity index (χ2n) is 4.43. The van der Waals surface area contributed by atoms with Gasteiger partial charge >= 0.3 is 11.9 Å². The number of unbranched alkanes of at least 4 members (excludes halogenated alkanes) is 1. The molecule has 1 rings (SSSR count). The molecule has 104 valence electrons. The summed E-state index contributed by atoms with van der Waals surface area (Å²) in [5.41, 5.74) is 0.0372. The fourth-order valence-electron chi connectivity index (χ4n) is 1.70. The van der Waals surface area contributed by atoms with Gasteiger partial charge in [-0.3, -0.25) is 0 Å². The largest absolute Gasteiger partial charge is 0.478 e. The van der Waals surface area contributed by atoms with Crippen molar-refractivity contribution < 1.29 is 19.8 Å². The van der Waals surface area contributed by atoms with E-state index in [4.69, 9.17) is 10.2 Å². The van der Waals surface area contributed by atoms with E-state index in [1.54, 1.807) is 0 Å². The van der Waals surface area contributed by atoms with Gasteiger partial charge in [0.15, 0.2) is 0 Å². The number of aromatic carboxylic acids is 2. The summed E-state index contributed by atoms with van der Waals surface area (Å²) >= 11 is 1.52. The van der Waals surface area contributed by atoms with Gasteiger partial charge in [0, 0.05) is 10.1 Å². The molecule has 1 atom stereocenters. The number of carboxylic acid groups (broad SMARTS) is 2. The maximum atomic E-state index is 11.0. The zero-order valence-corrected chi connectivity index (χ0v) is 11.9. The van der Waals surface area contributed by atoms with Gasteiger partial charge in [0.25, 0.3) is 0 Å². The molecular formula is C14H18O4S. The number of rotatable bonds is 7. The van der Waals surface area contributed by atoms with Crippen LogP contribution in [0, 0.1) is 0 Å². The molecule has 0 spiro atoms. The van der Waals surface area contributed by atoms with Crippen molar-refractivity contribution in [1.29, 1.82) is 0 Å². The van der Waals surface area contributed by atoms with Crippen LogP contribution in [0.15, 0.2) is 23.1 Å². The molecule has 1 unspecified atom stereocenters. The minimum absolute atomic E-state index is 0.0186. The molecule has 0 saturated heterocycles. The summed E-state index contributed by atoms with van der Waals surface area (Å²) in [5, 5.41) is 18.3. The second kappa shape index (κ2) is 7.19. The highest BCUT2D eigenvalue weighted by atomic mass is 32.2. The van der Waals surface area contributed by atoms with Crippen molar-refractivity contribution >= 4 is 23.7 Å². The maximum Gasteiger partial charge on any atom is 0.335 e. The Morgan fingerprint density at radius 1 is 1.16 bits per heavy atom. The second-order valence-corrected chi connectivity index (χ2v) is 5.94. The van der Waals surface area contributed by atoms with Crippen LogP contribution in [0.2, 0.25) is 0 Å². The highest BCUT2D eigenvalue weighted by Crippen LogP contribution is 2.28. The standard InChI is InChI=1S/C14H18O4S/c1-3-4-5-9(2)19-12-7-10(13(15)16)6-11(8-12)14(17)18/h6-9H,3-5H2,1-2H3,(H,15,16)(H,17,18). The summed E-state index contributed by atoms with van der Waals surface area (Å²) in [4.78, 5) is 22.7. The van der Waals surface area contributed by atoms with E-state index >= 15 is 0 Å². The predicted octanol–water partition coefficient (Wildman–Crippen LogP) is 3.75. The third-order valence-electron chi connectivity index (χ3n) is 2.70. The van der Waals surface area contributed by atoms with Crippen molar-refractivity contribution in [2.24, 2.45) is 0 Å². The molecule has 1 aromatic rings. The molecule has 0 aliphatic carbocycles. The molecule has 5 heteroatoms. The van der Waals surface area contributed by atoms with E-state index in [1.807, 2.05) is 0 Å². The minimum Gasteiger partial charge on any atom is -0.478 e. The van der Waals surface area contributed by atoms with E-state index in [-0.39, 0.29) is 11.1 Å². The molecular weight excluding hydrogens is 264 g/mol. The van der Waals surface area contributed by atoms with Gasteiger partial charge in [0.1, 0.15) is 0 Å².